The fourth-order valence-electron chi connectivity index (χ4n) is 1.28. The minimum Gasteiger partial charge on any atom is -0.495 e. The fourth-order valence-corrected chi connectivity index (χ4v) is 1.92. The molecule has 0 aliphatic carbocycles. The van der Waals surface area contributed by atoms with Gasteiger partial charge < -0.3 is 20.7 Å². The van der Waals surface area contributed by atoms with Crippen LogP contribution in [0.3, 0.4) is 0 Å². The molecule has 16 heavy (non-hydrogen) atoms. The highest BCUT2D eigenvalue weighted by molar-refractivity contribution is 9.09. The third-order valence-electron chi connectivity index (χ3n) is 2.19. The number of aliphatic hydroxyl groups excluding tert-OH is 2. The van der Waals surface area contributed by atoms with Gasteiger partial charge in [0.05, 0.1) is 18.9 Å². The average Bonchev–Trinajstić information content (AvgIpc) is 2.27. The number of aliphatic hydroxyl groups is 2. The number of nitrogen functional groups attached to an aromatic ring is 1. The first-order valence-corrected chi connectivity index (χ1v) is 6.06. The smallest absolute Gasteiger partial charge is 0.142 e. The van der Waals surface area contributed by atoms with Crippen LogP contribution in [0, 0.1) is 0 Å². The molecule has 0 bridgehead atoms. The van der Waals surface area contributed by atoms with Gasteiger partial charge in [-0.3, -0.25) is 0 Å². The van der Waals surface area contributed by atoms with Crippen LogP contribution in [0.4, 0.5) is 5.69 Å². The number of rotatable bonds is 4. The summed E-state index contributed by atoms with van der Waals surface area (Å²) in [5.41, 5.74) is 6.42. The Morgan fingerprint density at radius 3 is 2.62 bits per heavy atom. The Bertz CT molecular complexity index is 375. The second kappa shape index (κ2) is 5.72. The predicted molar refractivity (Wildman–Crippen MR) is 67.2 cm³/mol. The first-order valence-electron chi connectivity index (χ1n) is 4.56. The molecule has 0 aromatic heterocycles. The van der Waals surface area contributed by atoms with Crippen LogP contribution in [-0.4, -0.2) is 28.8 Å². The van der Waals surface area contributed by atoms with Crippen LogP contribution in [0.5, 0.6) is 5.75 Å². The highest BCUT2D eigenvalue weighted by Gasteiger charge is 2.21. The van der Waals surface area contributed by atoms with Gasteiger partial charge in [-0.2, -0.15) is 0 Å². The van der Waals surface area contributed by atoms with Crippen LogP contribution in [0.15, 0.2) is 12.1 Å². The number of hydrogen-bond acceptors (Lipinski definition) is 4. The van der Waals surface area contributed by atoms with Gasteiger partial charge in [-0.25, -0.2) is 0 Å². The largest absolute Gasteiger partial charge is 0.495 e. The third-order valence-corrected chi connectivity index (χ3v) is 3.18. The molecule has 0 radical (unpaired) electrons. The summed E-state index contributed by atoms with van der Waals surface area (Å²) in [7, 11) is 1.47. The molecule has 1 rings (SSSR count). The maximum absolute atomic E-state index is 9.82. The molecule has 0 heterocycles. The van der Waals surface area contributed by atoms with Crippen molar-refractivity contribution in [2.24, 2.45) is 0 Å². The number of nitrogens with two attached hydrogens (primary N) is 1. The van der Waals surface area contributed by atoms with Gasteiger partial charge >= 0.3 is 0 Å². The first-order chi connectivity index (χ1) is 7.51. The third kappa shape index (κ3) is 2.79. The summed E-state index contributed by atoms with van der Waals surface area (Å²) in [5, 5.41) is 19.9. The lowest BCUT2D eigenvalue weighted by molar-refractivity contribution is 0.0342. The number of benzene rings is 1. The molecule has 0 aliphatic heterocycles. The summed E-state index contributed by atoms with van der Waals surface area (Å²) in [6.07, 6.45) is -2.02. The molecule has 2 unspecified atom stereocenters. The van der Waals surface area contributed by atoms with Crippen molar-refractivity contribution in [1.29, 1.82) is 0 Å². The van der Waals surface area contributed by atoms with E-state index in [1.54, 1.807) is 0 Å². The monoisotopic (exact) mass is 309 g/mol. The van der Waals surface area contributed by atoms with Crippen molar-refractivity contribution < 1.29 is 14.9 Å². The quantitative estimate of drug-likeness (QED) is 0.585. The summed E-state index contributed by atoms with van der Waals surface area (Å²) < 4.78 is 5.02. The summed E-state index contributed by atoms with van der Waals surface area (Å²) >= 11 is 9.01. The van der Waals surface area contributed by atoms with E-state index in [1.165, 1.54) is 19.2 Å². The van der Waals surface area contributed by atoms with E-state index in [4.69, 9.17) is 22.1 Å². The van der Waals surface area contributed by atoms with Gasteiger partial charge in [-0.05, 0) is 12.1 Å². The maximum atomic E-state index is 9.82. The van der Waals surface area contributed by atoms with Crippen LogP contribution < -0.4 is 10.5 Å². The zero-order valence-corrected chi connectivity index (χ0v) is 11.0. The van der Waals surface area contributed by atoms with Gasteiger partial charge in [0.15, 0.2) is 0 Å². The molecule has 0 spiro atoms. The lowest BCUT2D eigenvalue weighted by Crippen LogP contribution is -2.20. The van der Waals surface area contributed by atoms with Crippen LogP contribution in [0.25, 0.3) is 0 Å². The van der Waals surface area contributed by atoms with Crippen molar-refractivity contribution >= 4 is 33.2 Å². The van der Waals surface area contributed by atoms with Crippen LogP contribution in [0.1, 0.15) is 11.7 Å². The first kappa shape index (κ1) is 13.6. The van der Waals surface area contributed by atoms with Crippen LogP contribution >= 0.6 is 27.5 Å². The van der Waals surface area contributed by atoms with Crippen LogP contribution in [0.2, 0.25) is 5.02 Å². The minimum absolute atomic E-state index is 0.247. The number of halogens is 2. The molecular weight excluding hydrogens is 297 g/mol. The van der Waals surface area contributed by atoms with Gasteiger partial charge in [0, 0.05) is 15.9 Å². The highest BCUT2D eigenvalue weighted by atomic mass is 79.9. The van der Waals surface area contributed by atoms with E-state index in [-0.39, 0.29) is 5.33 Å². The Morgan fingerprint density at radius 2 is 2.12 bits per heavy atom. The van der Waals surface area contributed by atoms with Crippen molar-refractivity contribution in [2.45, 2.75) is 12.2 Å². The van der Waals surface area contributed by atoms with Gasteiger partial charge in [0.25, 0.3) is 0 Å². The molecule has 6 heteroatoms. The van der Waals surface area contributed by atoms with E-state index in [0.29, 0.717) is 22.0 Å². The molecule has 1 aromatic carbocycles. The highest BCUT2D eigenvalue weighted by Crippen LogP contribution is 2.33. The molecule has 0 saturated carbocycles. The van der Waals surface area contributed by atoms with E-state index >= 15 is 0 Å². The van der Waals surface area contributed by atoms with E-state index in [0.717, 1.165) is 0 Å². The van der Waals surface area contributed by atoms with Crippen molar-refractivity contribution in [3.05, 3.63) is 22.7 Å². The SMILES string of the molecule is COc1cc(C(O)C(O)CBr)c(Cl)cc1N. The van der Waals surface area contributed by atoms with Crippen molar-refractivity contribution in [3.63, 3.8) is 0 Å². The fraction of sp³-hybridized carbons (Fsp3) is 0.400. The molecule has 1 aromatic rings. The number of hydrogen-bond donors (Lipinski definition) is 3. The van der Waals surface area contributed by atoms with Crippen molar-refractivity contribution in [3.8, 4) is 5.75 Å². The van der Waals surface area contributed by atoms with Crippen molar-refractivity contribution in [1.82, 2.24) is 0 Å². The Labute approximate surface area is 107 Å². The van der Waals surface area contributed by atoms with Gasteiger partial charge in [0.1, 0.15) is 11.9 Å². The summed E-state index contributed by atoms with van der Waals surface area (Å²) in [6.45, 7) is 0. The maximum Gasteiger partial charge on any atom is 0.142 e. The lowest BCUT2D eigenvalue weighted by Gasteiger charge is -2.18. The molecular formula is C10H13BrClNO3. The number of anilines is 1. The van der Waals surface area contributed by atoms with E-state index in [9.17, 15) is 10.2 Å². The molecule has 0 amide bonds. The van der Waals surface area contributed by atoms with Crippen molar-refractivity contribution in [2.75, 3.05) is 18.2 Å². The summed E-state index contributed by atoms with van der Waals surface area (Å²) in [4.78, 5) is 0. The lowest BCUT2D eigenvalue weighted by atomic mass is 10.0. The Hall–Kier alpha value is -0.490. The van der Waals surface area contributed by atoms with Crippen LogP contribution in [-0.2, 0) is 0 Å². The average molecular weight is 311 g/mol. The zero-order valence-electron chi connectivity index (χ0n) is 8.65. The molecule has 0 aliphatic rings. The number of ether oxygens (including phenoxy) is 1. The number of methoxy groups -OCH3 is 1. The summed E-state index contributed by atoms with van der Waals surface area (Å²) in [6, 6.07) is 3.01. The second-order valence-corrected chi connectivity index (χ2v) is 4.34. The van der Waals surface area contributed by atoms with Gasteiger partial charge in [-0.15, -0.1) is 0 Å². The van der Waals surface area contributed by atoms with E-state index in [1.807, 2.05) is 0 Å². The van der Waals surface area contributed by atoms with E-state index < -0.39 is 12.2 Å². The molecule has 90 valence electrons. The Balaban J connectivity index is 3.13. The topological polar surface area (TPSA) is 75.7 Å². The second-order valence-electron chi connectivity index (χ2n) is 3.28. The molecule has 2 atom stereocenters. The molecule has 4 N–H and O–H groups in total. The Kier molecular flexibility index (Phi) is 4.86. The Morgan fingerprint density at radius 1 is 1.50 bits per heavy atom. The van der Waals surface area contributed by atoms with Gasteiger partial charge in [-0.1, -0.05) is 27.5 Å². The zero-order chi connectivity index (χ0) is 12.3. The van der Waals surface area contributed by atoms with E-state index in [2.05, 4.69) is 15.9 Å². The molecule has 0 saturated heterocycles. The normalized spacial score (nSPS) is 14.6. The molecule has 4 nitrogen and oxygen atoms in total. The standard InChI is InChI=1S/C10H13BrClNO3/c1-16-9-2-5(6(12)3-7(9)13)10(15)8(14)4-11/h2-3,8,10,14-15H,4,13H2,1H3. The van der Waals surface area contributed by atoms with Gasteiger partial charge in [0.2, 0.25) is 0 Å². The predicted octanol–water partition coefficient (Wildman–Crippen LogP) is 1.72. The summed E-state index contributed by atoms with van der Waals surface area (Å²) in [5.74, 6) is 0.417. The molecule has 0 fully saturated rings. The minimum atomic E-state index is -1.08. The number of alkyl halides is 1.